The normalized spacial score (nSPS) is 13.3. The fourth-order valence-electron chi connectivity index (χ4n) is 4.57. The van der Waals surface area contributed by atoms with E-state index in [1.807, 2.05) is 41.5 Å². The standard InChI is InChI=1S/C28H47N3O3/c1-9-10-11-12-13-14-15-17-28(7,8)25(32)30-22-19(2)21-16-18-29-24(21)23(20(22)3)31-26(33)34-27(4,5)6/h29H,9-18H2,1-8H3,(H,30,32)(H,31,33). The predicted molar refractivity (Wildman–Crippen MR) is 143 cm³/mol. The fraction of sp³-hybridized carbons (Fsp3) is 0.714. The summed E-state index contributed by atoms with van der Waals surface area (Å²) < 4.78 is 5.48. The second kappa shape index (κ2) is 11.9. The third kappa shape index (κ3) is 7.64. The van der Waals surface area contributed by atoms with E-state index >= 15 is 0 Å². The molecule has 192 valence electrons. The summed E-state index contributed by atoms with van der Waals surface area (Å²) in [4.78, 5) is 25.9. The average Bonchev–Trinajstić information content (AvgIpc) is 3.22. The molecule has 1 aliphatic heterocycles. The molecule has 0 atom stereocenters. The van der Waals surface area contributed by atoms with Gasteiger partial charge in [-0.2, -0.15) is 0 Å². The van der Waals surface area contributed by atoms with Crippen LogP contribution >= 0.6 is 0 Å². The van der Waals surface area contributed by atoms with Crippen molar-refractivity contribution in [1.29, 1.82) is 0 Å². The van der Waals surface area contributed by atoms with Crippen LogP contribution in [0.1, 0.15) is 110 Å². The maximum absolute atomic E-state index is 13.3. The number of benzene rings is 1. The molecule has 0 aromatic heterocycles. The molecule has 0 fully saturated rings. The molecule has 0 radical (unpaired) electrons. The number of hydrogen-bond donors (Lipinski definition) is 3. The summed E-state index contributed by atoms with van der Waals surface area (Å²) in [5, 5.41) is 9.55. The van der Waals surface area contributed by atoms with Crippen molar-refractivity contribution < 1.29 is 14.3 Å². The van der Waals surface area contributed by atoms with Crippen LogP contribution in [0.2, 0.25) is 0 Å². The second-order valence-electron chi connectivity index (χ2n) is 11.4. The quantitative estimate of drug-likeness (QED) is 0.287. The van der Waals surface area contributed by atoms with E-state index in [9.17, 15) is 9.59 Å². The summed E-state index contributed by atoms with van der Waals surface area (Å²) in [6, 6.07) is 0. The summed E-state index contributed by atoms with van der Waals surface area (Å²) in [6.07, 6.45) is 9.88. The van der Waals surface area contributed by atoms with Crippen molar-refractivity contribution in [2.75, 3.05) is 22.5 Å². The largest absolute Gasteiger partial charge is 0.444 e. The molecule has 1 heterocycles. The Bertz CT molecular complexity index is 869. The van der Waals surface area contributed by atoms with Crippen LogP contribution in [0.4, 0.5) is 21.9 Å². The number of ether oxygens (including phenoxy) is 1. The van der Waals surface area contributed by atoms with E-state index in [4.69, 9.17) is 4.74 Å². The van der Waals surface area contributed by atoms with E-state index in [0.717, 1.165) is 53.9 Å². The van der Waals surface area contributed by atoms with Gasteiger partial charge >= 0.3 is 6.09 Å². The SMILES string of the molecule is CCCCCCCCCC(C)(C)C(=O)Nc1c(C)c2c(c(NC(=O)OC(C)(C)C)c1C)NCC2. The van der Waals surface area contributed by atoms with Gasteiger partial charge in [0.05, 0.1) is 11.4 Å². The molecule has 0 bridgehead atoms. The zero-order valence-electron chi connectivity index (χ0n) is 22.8. The van der Waals surface area contributed by atoms with E-state index in [1.165, 1.54) is 38.5 Å². The van der Waals surface area contributed by atoms with Crippen molar-refractivity contribution in [3.8, 4) is 0 Å². The molecule has 2 amide bonds. The number of nitrogens with one attached hydrogen (secondary N) is 3. The molecule has 1 aromatic rings. The Hall–Kier alpha value is -2.24. The Labute approximate surface area is 207 Å². The van der Waals surface area contributed by atoms with Crippen LogP contribution in [-0.4, -0.2) is 24.1 Å². The molecule has 6 nitrogen and oxygen atoms in total. The second-order valence-corrected chi connectivity index (χ2v) is 11.4. The molecule has 0 saturated heterocycles. The minimum Gasteiger partial charge on any atom is -0.444 e. The van der Waals surface area contributed by atoms with E-state index < -0.39 is 17.1 Å². The minimum absolute atomic E-state index is 0.0267. The highest BCUT2D eigenvalue weighted by Crippen LogP contribution is 2.42. The molecule has 0 unspecified atom stereocenters. The molecule has 2 rings (SSSR count). The highest BCUT2D eigenvalue weighted by Gasteiger charge is 2.31. The van der Waals surface area contributed by atoms with Crippen LogP contribution in [0.25, 0.3) is 0 Å². The molecule has 3 N–H and O–H groups in total. The summed E-state index contributed by atoms with van der Waals surface area (Å²) in [5.74, 6) is 0.0267. The lowest BCUT2D eigenvalue weighted by molar-refractivity contribution is -0.124. The van der Waals surface area contributed by atoms with Crippen LogP contribution < -0.4 is 16.0 Å². The summed E-state index contributed by atoms with van der Waals surface area (Å²) in [6.45, 7) is 16.6. The zero-order chi connectivity index (χ0) is 25.5. The number of carbonyl (C=O) groups is 2. The zero-order valence-corrected chi connectivity index (χ0v) is 22.8. The lowest BCUT2D eigenvalue weighted by Gasteiger charge is -2.27. The van der Waals surface area contributed by atoms with Gasteiger partial charge in [0.15, 0.2) is 0 Å². The first-order chi connectivity index (χ1) is 15.9. The number of hydrogen-bond acceptors (Lipinski definition) is 4. The molecule has 1 aliphatic rings. The van der Waals surface area contributed by atoms with Crippen LogP contribution in [0.3, 0.4) is 0 Å². The highest BCUT2D eigenvalue weighted by atomic mass is 16.6. The van der Waals surface area contributed by atoms with Gasteiger partial charge in [0, 0.05) is 17.6 Å². The van der Waals surface area contributed by atoms with Crippen molar-refractivity contribution in [3.05, 3.63) is 16.7 Å². The van der Waals surface area contributed by atoms with Gasteiger partial charge in [-0.3, -0.25) is 10.1 Å². The number of fused-ring (bicyclic) bond motifs is 1. The molecule has 34 heavy (non-hydrogen) atoms. The van der Waals surface area contributed by atoms with Crippen molar-refractivity contribution in [2.24, 2.45) is 5.41 Å². The Balaban J connectivity index is 2.14. The van der Waals surface area contributed by atoms with E-state index in [2.05, 4.69) is 29.8 Å². The number of amides is 2. The maximum atomic E-state index is 13.3. The summed E-state index contributed by atoms with van der Waals surface area (Å²) in [7, 11) is 0. The molecular formula is C28H47N3O3. The van der Waals surface area contributed by atoms with Crippen molar-refractivity contribution >= 4 is 29.1 Å². The molecule has 0 aliphatic carbocycles. The van der Waals surface area contributed by atoms with Gasteiger partial charge < -0.3 is 15.4 Å². The Morgan fingerprint density at radius 2 is 1.50 bits per heavy atom. The number of unbranched alkanes of at least 4 members (excludes halogenated alkanes) is 6. The third-order valence-electron chi connectivity index (χ3n) is 6.69. The molecular weight excluding hydrogens is 426 g/mol. The first-order valence-electron chi connectivity index (χ1n) is 13.1. The van der Waals surface area contributed by atoms with Gasteiger partial charge in [0.1, 0.15) is 5.60 Å². The first-order valence-corrected chi connectivity index (χ1v) is 13.1. The topological polar surface area (TPSA) is 79.5 Å². The fourth-order valence-corrected chi connectivity index (χ4v) is 4.57. The third-order valence-corrected chi connectivity index (χ3v) is 6.69. The van der Waals surface area contributed by atoms with Crippen LogP contribution in [-0.2, 0) is 16.0 Å². The van der Waals surface area contributed by atoms with Gasteiger partial charge in [0.25, 0.3) is 0 Å². The van der Waals surface area contributed by atoms with Crippen LogP contribution in [0.5, 0.6) is 0 Å². The van der Waals surface area contributed by atoms with Gasteiger partial charge in [0.2, 0.25) is 5.91 Å². The van der Waals surface area contributed by atoms with Gasteiger partial charge in [-0.1, -0.05) is 65.7 Å². The summed E-state index contributed by atoms with van der Waals surface area (Å²) in [5.41, 5.74) is 4.41. The van der Waals surface area contributed by atoms with E-state index in [-0.39, 0.29) is 5.91 Å². The van der Waals surface area contributed by atoms with Crippen LogP contribution in [0, 0.1) is 19.3 Å². The predicted octanol–water partition coefficient (Wildman–Crippen LogP) is 7.72. The number of anilines is 3. The van der Waals surface area contributed by atoms with Crippen molar-refractivity contribution in [3.63, 3.8) is 0 Å². The average molecular weight is 474 g/mol. The Kier molecular flexibility index (Phi) is 9.84. The Morgan fingerprint density at radius 3 is 2.12 bits per heavy atom. The minimum atomic E-state index is -0.587. The Morgan fingerprint density at radius 1 is 0.882 bits per heavy atom. The molecule has 6 heteroatoms. The lowest BCUT2D eigenvalue weighted by atomic mass is 9.85. The van der Waals surface area contributed by atoms with Gasteiger partial charge in [-0.25, -0.2) is 4.79 Å². The van der Waals surface area contributed by atoms with Crippen LogP contribution in [0.15, 0.2) is 0 Å². The number of rotatable bonds is 11. The maximum Gasteiger partial charge on any atom is 0.412 e. The monoisotopic (exact) mass is 473 g/mol. The smallest absolute Gasteiger partial charge is 0.412 e. The van der Waals surface area contributed by atoms with Crippen molar-refractivity contribution in [1.82, 2.24) is 0 Å². The first kappa shape index (κ1) is 28.0. The summed E-state index contributed by atoms with van der Waals surface area (Å²) >= 11 is 0. The molecule has 0 spiro atoms. The van der Waals surface area contributed by atoms with E-state index in [0.29, 0.717) is 5.69 Å². The van der Waals surface area contributed by atoms with Crippen molar-refractivity contribution in [2.45, 2.75) is 119 Å². The molecule has 1 aromatic carbocycles. The van der Waals surface area contributed by atoms with Gasteiger partial charge in [-0.15, -0.1) is 0 Å². The number of carbonyl (C=O) groups excluding carboxylic acids is 2. The highest BCUT2D eigenvalue weighted by molar-refractivity contribution is 6.01. The van der Waals surface area contributed by atoms with E-state index in [1.54, 1.807) is 0 Å². The van der Waals surface area contributed by atoms with Gasteiger partial charge in [-0.05, 0) is 64.2 Å². The lowest BCUT2D eigenvalue weighted by Crippen LogP contribution is -2.32. The molecule has 0 saturated carbocycles.